The Kier molecular flexibility index (Phi) is 6.67. The van der Waals surface area contributed by atoms with Crippen LogP contribution in [0.15, 0.2) is 27.1 Å². The van der Waals surface area contributed by atoms with Gasteiger partial charge in [0, 0.05) is 36.5 Å². The second-order valence-electron chi connectivity index (χ2n) is 6.97. The molecule has 15 heteroatoms. The van der Waals surface area contributed by atoms with Gasteiger partial charge >= 0.3 is 11.9 Å². The summed E-state index contributed by atoms with van der Waals surface area (Å²) in [6.07, 6.45) is -4.74. The third-order valence-corrected chi connectivity index (χ3v) is 5.56. The number of halogens is 5. The number of anilines is 2. The van der Waals surface area contributed by atoms with Crippen LogP contribution >= 0.6 is 11.3 Å². The summed E-state index contributed by atoms with van der Waals surface area (Å²) in [6.45, 7) is 0. The van der Waals surface area contributed by atoms with Crippen molar-refractivity contribution < 1.29 is 26.7 Å². The van der Waals surface area contributed by atoms with Gasteiger partial charge in [-0.1, -0.05) is 0 Å². The molecule has 5 N–H and O–H groups in total. The van der Waals surface area contributed by atoms with E-state index in [1.807, 2.05) is 4.98 Å². The van der Waals surface area contributed by atoms with Crippen molar-refractivity contribution in [1.29, 1.82) is 5.41 Å². The monoisotopic (exact) mass is 502 g/mol. The maximum Gasteiger partial charge on any atom is 0.419 e. The Morgan fingerprint density at radius 2 is 2.00 bits per heavy atom. The minimum Gasteiger partial charge on any atom is -0.385 e. The summed E-state index contributed by atoms with van der Waals surface area (Å²) in [5, 5.41) is 11.0. The highest BCUT2D eigenvalue weighted by Crippen LogP contribution is 2.36. The maximum atomic E-state index is 14.2. The molecule has 2 heterocycles. The lowest BCUT2D eigenvalue weighted by Gasteiger charge is -2.14. The van der Waals surface area contributed by atoms with E-state index in [2.05, 4.69) is 10.3 Å². The van der Waals surface area contributed by atoms with Gasteiger partial charge in [0.05, 0.1) is 16.8 Å². The van der Waals surface area contributed by atoms with E-state index in [9.17, 15) is 36.3 Å². The maximum absolute atomic E-state index is 14.2. The highest BCUT2D eigenvalue weighted by molar-refractivity contribution is 7.14. The van der Waals surface area contributed by atoms with Gasteiger partial charge in [-0.05, 0) is 12.1 Å². The number of hydrogen-bond acceptors (Lipinski definition) is 7. The van der Waals surface area contributed by atoms with Crippen LogP contribution in [0.25, 0.3) is 11.3 Å². The molecule has 1 atom stereocenters. The SMILES string of the molecule is Cn1c(N)c(C(C=N)CC(=O)Nc2nc(-c3ccc(C(F)(F)F)c(F)c3F)cs2)c(=O)[nH]c1=O. The number of carbonyl (C=O) groups is 1. The van der Waals surface area contributed by atoms with Crippen molar-refractivity contribution in [3.05, 3.63) is 61.1 Å². The molecule has 3 rings (SSSR count). The van der Waals surface area contributed by atoms with Gasteiger partial charge in [0.1, 0.15) is 5.82 Å². The smallest absolute Gasteiger partial charge is 0.385 e. The molecule has 180 valence electrons. The van der Waals surface area contributed by atoms with Gasteiger partial charge in [-0.25, -0.2) is 18.6 Å². The molecule has 0 fully saturated rings. The first kappa shape index (κ1) is 24.8. The van der Waals surface area contributed by atoms with Crippen molar-refractivity contribution >= 4 is 34.4 Å². The predicted octanol–water partition coefficient (Wildman–Crippen LogP) is 2.84. The van der Waals surface area contributed by atoms with Gasteiger partial charge in [0.2, 0.25) is 5.91 Å². The minimum atomic E-state index is -5.08. The van der Waals surface area contributed by atoms with Crippen molar-refractivity contribution in [1.82, 2.24) is 14.5 Å². The van der Waals surface area contributed by atoms with E-state index in [-0.39, 0.29) is 22.2 Å². The number of nitrogen functional groups attached to an aromatic ring is 1. The van der Waals surface area contributed by atoms with Crippen LogP contribution in [-0.4, -0.2) is 26.7 Å². The molecule has 9 nitrogen and oxygen atoms in total. The molecule has 0 radical (unpaired) electrons. The molecule has 0 spiro atoms. The Bertz CT molecular complexity index is 1390. The van der Waals surface area contributed by atoms with E-state index in [0.717, 1.165) is 28.2 Å². The zero-order chi connectivity index (χ0) is 25.4. The number of aromatic nitrogens is 3. The molecule has 0 aliphatic carbocycles. The quantitative estimate of drug-likeness (QED) is 0.302. The number of hydrogen-bond donors (Lipinski definition) is 4. The average molecular weight is 502 g/mol. The largest absolute Gasteiger partial charge is 0.419 e. The number of thiazole rings is 1. The third kappa shape index (κ3) is 4.73. The first-order chi connectivity index (χ1) is 15.8. The third-order valence-electron chi connectivity index (χ3n) is 4.80. The molecule has 0 saturated carbocycles. The Labute approximate surface area is 190 Å². The molecule has 0 aliphatic rings. The normalized spacial score (nSPS) is 12.4. The fourth-order valence-electron chi connectivity index (χ4n) is 3.05. The van der Waals surface area contributed by atoms with Gasteiger partial charge < -0.3 is 16.5 Å². The van der Waals surface area contributed by atoms with E-state index in [1.54, 1.807) is 0 Å². The molecular weight excluding hydrogens is 487 g/mol. The van der Waals surface area contributed by atoms with Crippen LogP contribution in [0, 0.1) is 17.0 Å². The van der Waals surface area contributed by atoms with Crippen LogP contribution in [0.1, 0.15) is 23.5 Å². The number of carbonyl (C=O) groups excluding carboxylic acids is 1. The van der Waals surface area contributed by atoms with Crippen LogP contribution in [0.5, 0.6) is 0 Å². The summed E-state index contributed by atoms with van der Waals surface area (Å²) >= 11 is 0.789. The summed E-state index contributed by atoms with van der Waals surface area (Å²) in [7, 11) is 1.29. The van der Waals surface area contributed by atoms with Crippen LogP contribution in [-0.2, 0) is 18.0 Å². The number of amides is 1. The Morgan fingerprint density at radius 1 is 1.32 bits per heavy atom. The summed E-state index contributed by atoms with van der Waals surface area (Å²) in [5.41, 5.74) is 1.46. The van der Waals surface area contributed by atoms with Crippen molar-refractivity contribution in [3.8, 4) is 11.3 Å². The summed E-state index contributed by atoms with van der Waals surface area (Å²) in [5.74, 6) is -5.88. The predicted molar refractivity (Wildman–Crippen MR) is 114 cm³/mol. The summed E-state index contributed by atoms with van der Waals surface area (Å²) < 4.78 is 67.2. The number of H-pyrrole nitrogens is 1. The van der Waals surface area contributed by atoms with Crippen molar-refractivity contribution in [2.45, 2.75) is 18.5 Å². The fraction of sp³-hybridized carbons (Fsp3) is 0.211. The fourth-order valence-corrected chi connectivity index (χ4v) is 3.78. The molecule has 1 aromatic carbocycles. The molecule has 1 unspecified atom stereocenters. The highest BCUT2D eigenvalue weighted by Gasteiger charge is 2.36. The Morgan fingerprint density at radius 3 is 2.62 bits per heavy atom. The van der Waals surface area contributed by atoms with Gasteiger partial charge in [-0.2, -0.15) is 13.2 Å². The first-order valence-electron chi connectivity index (χ1n) is 9.25. The highest BCUT2D eigenvalue weighted by atomic mass is 32.1. The first-order valence-corrected chi connectivity index (χ1v) is 10.1. The van der Waals surface area contributed by atoms with E-state index in [4.69, 9.17) is 11.1 Å². The molecule has 0 saturated heterocycles. The number of nitrogens with one attached hydrogen (secondary N) is 3. The van der Waals surface area contributed by atoms with Crippen molar-refractivity contribution in [3.63, 3.8) is 0 Å². The van der Waals surface area contributed by atoms with E-state index in [1.165, 1.54) is 12.4 Å². The second kappa shape index (κ2) is 9.17. The standard InChI is InChI=1S/C19H15F5N6O3S/c1-30-15(26)12(16(32)29-18(30)33)7(5-25)4-11(31)28-17-27-10(6-34-17)8-2-3-9(19(22,23)24)14(21)13(8)20/h2-3,5-7,25H,4,26H2,1H3,(H,27,28,31)(H,29,32,33). The Hall–Kier alpha value is -3.88. The lowest BCUT2D eigenvalue weighted by molar-refractivity contribution is -0.140. The molecule has 0 aliphatic heterocycles. The number of aromatic amines is 1. The zero-order valence-electron chi connectivity index (χ0n) is 17.1. The van der Waals surface area contributed by atoms with Crippen LogP contribution < -0.4 is 22.3 Å². The van der Waals surface area contributed by atoms with Crippen molar-refractivity contribution in [2.24, 2.45) is 7.05 Å². The van der Waals surface area contributed by atoms with Crippen LogP contribution in [0.2, 0.25) is 0 Å². The second-order valence-corrected chi connectivity index (χ2v) is 7.83. The molecule has 2 aromatic heterocycles. The number of alkyl halides is 3. The van der Waals surface area contributed by atoms with Crippen LogP contribution in [0.3, 0.4) is 0 Å². The molecule has 0 bridgehead atoms. The number of nitrogens with zero attached hydrogens (tertiary/aromatic N) is 2. The lowest BCUT2D eigenvalue weighted by Crippen LogP contribution is -2.35. The van der Waals surface area contributed by atoms with Gasteiger partial charge in [-0.15, -0.1) is 11.3 Å². The molecule has 3 aromatic rings. The van der Waals surface area contributed by atoms with E-state index >= 15 is 0 Å². The summed E-state index contributed by atoms with van der Waals surface area (Å²) in [4.78, 5) is 42.1. The Balaban J connectivity index is 1.81. The molecule has 34 heavy (non-hydrogen) atoms. The number of benzene rings is 1. The van der Waals surface area contributed by atoms with Gasteiger partial charge in [-0.3, -0.25) is 19.1 Å². The number of rotatable bonds is 6. The van der Waals surface area contributed by atoms with E-state index in [0.29, 0.717) is 6.07 Å². The van der Waals surface area contributed by atoms with Crippen molar-refractivity contribution in [2.75, 3.05) is 11.1 Å². The van der Waals surface area contributed by atoms with Gasteiger partial charge in [0.15, 0.2) is 16.8 Å². The zero-order valence-corrected chi connectivity index (χ0v) is 17.9. The lowest BCUT2D eigenvalue weighted by atomic mass is 9.98. The number of nitrogens with two attached hydrogens (primary N) is 1. The van der Waals surface area contributed by atoms with Gasteiger partial charge in [0.25, 0.3) is 5.56 Å². The van der Waals surface area contributed by atoms with Crippen LogP contribution in [0.4, 0.5) is 32.9 Å². The average Bonchev–Trinajstić information content (AvgIpc) is 3.20. The topological polar surface area (TPSA) is 147 Å². The summed E-state index contributed by atoms with van der Waals surface area (Å²) in [6, 6.07) is 1.11. The van der Waals surface area contributed by atoms with E-state index < -0.39 is 58.4 Å². The molecule has 1 amide bonds. The minimum absolute atomic E-state index is 0.0919. The molecular formula is C19H15F5N6O3S.